The van der Waals surface area contributed by atoms with Gasteiger partial charge in [0.25, 0.3) is 0 Å². The number of carbonyl (C=O) groups is 1. The number of rotatable bonds is 9. The molecule has 108 valence electrons. The summed E-state index contributed by atoms with van der Waals surface area (Å²) < 4.78 is 6.61. The van der Waals surface area contributed by atoms with Gasteiger partial charge < -0.3 is 4.74 Å². The molecule has 1 aromatic rings. The Morgan fingerprint density at radius 2 is 2.11 bits per heavy atom. The van der Waals surface area contributed by atoms with Gasteiger partial charge in [-0.3, -0.25) is 9.36 Å². The summed E-state index contributed by atoms with van der Waals surface area (Å²) >= 11 is 1.23. The smallest absolute Gasteiger partial charge is 0.343 e. The van der Waals surface area contributed by atoms with Crippen LogP contribution in [0.25, 0.3) is 0 Å². The van der Waals surface area contributed by atoms with Crippen LogP contribution >= 0.6 is 11.8 Å². The molecule has 0 unspecified atom stereocenters. The third-order valence-electron chi connectivity index (χ3n) is 2.54. The fraction of sp³-hybridized carbons (Fsp3) is 0.750. The molecule has 7 heteroatoms. The van der Waals surface area contributed by atoms with Gasteiger partial charge in [0.2, 0.25) is 0 Å². The van der Waals surface area contributed by atoms with Crippen LogP contribution in [0.3, 0.4) is 0 Å². The average Bonchev–Trinajstić information content (AvgIpc) is 2.75. The van der Waals surface area contributed by atoms with E-state index in [-0.39, 0.29) is 17.4 Å². The van der Waals surface area contributed by atoms with Gasteiger partial charge in [-0.05, 0) is 12.8 Å². The van der Waals surface area contributed by atoms with Gasteiger partial charge in [-0.1, -0.05) is 38.5 Å². The molecule has 0 atom stereocenters. The zero-order valence-electron chi connectivity index (χ0n) is 11.5. The van der Waals surface area contributed by atoms with E-state index in [1.807, 2.05) is 6.92 Å². The summed E-state index contributed by atoms with van der Waals surface area (Å²) in [6.45, 7) is 5.18. The van der Waals surface area contributed by atoms with E-state index in [2.05, 4.69) is 17.1 Å². The summed E-state index contributed by atoms with van der Waals surface area (Å²) in [5.41, 5.74) is -0.227. The first-order valence-electron chi connectivity index (χ1n) is 6.62. The van der Waals surface area contributed by atoms with Crippen LogP contribution in [0.5, 0.6) is 0 Å². The maximum atomic E-state index is 11.5. The number of nitrogens with zero attached hydrogens (tertiary/aromatic N) is 2. The van der Waals surface area contributed by atoms with Crippen LogP contribution in [0.1, 0.15) is 39.5 Å². The van der Waals surface area contributed by atoms with Crippen molar-refractivity contribution in [1.29, 1.82) is 0 Å². The SMILES string of the molecule is CCCCOC(=O)CSc1n[nH]c(=O)n1CCCC. The second-order valence-electron chi connectivity index (χ2n) is 4.18. The lowest BCUT2D eigenvalue weighted by atomic mass is 10.3. The number of hydrogen-bond donors (Lipinski definition) is 1. The number of thioether (sulfide) groups is 1. The molecule has 0 aromatic carbocycles. The molecule has 0 saturated heterocycles. The van der Waals surface area contributed by atoms with E-state index < -0.39 is 0 Å². The quantitative estimate of drug-likeness (QED) is 0.426. The highest BCUT2D eigenvalue weighted by Gasteiger charge is 2.11. The molecule has 0 aliphatic rings. The Morgan fingerprint density at radius 1 is 1.37 bits per heavy atom. The first-order valence-corrected chi connectivity index (χ1v) is 7.61. The molecule has 0 amide bonds. The summed E-state index contributed by atoms with van der Waals surface area (Å²) in [5.74, 6) is -0.0870. The van der Waals surface area contributed by atoms with E-state index >= 15 is 0 Å². The molecule has 6 nitrogen and oxygen atoms in total. The van der Waals surface area contributed by atoms with Gasteiger partial charge in [0.15, 0.2) is 5.16 Å². The Labute approximate surface area is 116 Å². The molecule has 1 rings (SSSR count). The molecular formula is C12H21N3O3S. The standard InChI is InChI=1S/C12H21N3O3S/c1-3-5-7-15-11(17)13-14-12(15)19-9-10(16)18-8-6-4-2/h3-9H2,1-2H3,(H,13,17). The lowest BCUT2D eigenvalue weighted by Crippen LogP contribution is -2.18. The summed E-state index contributed by atoms with van der Waals surface area (Å²) in [4.78, 5) is 23.0. The van der Waals surface area contributed by atoms with Crippen molar-refractivity contribution in [3.8, 4) is 0 Å². The van der Waals surface area contributed by atoms with Gasteiger partial charge >= 0.3 is 11.7 Å². The Morgan fingerprint density at radius 3 is 2.79 bits per heavy atom. The summed E-state index contributed by atoms with van der Waals surface area (Å²) in [7, 11) is 0. The molecule has 0 aliphatic carbocycles. The second-order valence-corrected chi connectivity index (χ2v) is 5.12. The van der Waals surface area contributed by atoms with Crippen LogP contribution in [0, 0.1) is 0 Å². The van der Waals surface area contributed by atoms with Crippen molar-refractivity contribution >= 4 is 17.7 Å². The van der Waals surface area contributed by atoms with E-state index in [0.717, 1.165) is 25.7 Å². The van der Waals surface area contributed by atoms with Crippen LogP contribution in [0.15, 0.2) is 9.95 Å². The van der Waals surface area contributed by atoms with Crippen molar-refractivity contribution in [2.45, 2.75) is 51.2 Å². The van der Waals surface area contributed by atoms with Crippen LogP contribution in [-0.4, -0.2) is 33.1 Å². The summed E-state index contributed by atoms with van der Waals surface area (Å²) in [6, 6.07) is 0. The molecule has 0 saturated carbocycles. The molecule has 0 aliphatic heterocycles. The predicted molar refractivity (Wildman–Crippen MR) is 74.3 cm³/mol. The Hall–Kier alpha value is -1.24. The number of nitrogens with one attached hydrogen (secondary N) is 1. The molecule has 0 radical (unpaired) electrons. The van der Waals surface area contributed by atoms with E-state index in [9.17, 15) is 9.59 Å². The Kier molecular flexibility index (Phi) is 7.32. The number of unbranched alkanes of at least 4 members (excludes halogenated alkanes) is 2. The van der Waals surface area contributed by atoms with Crippen molar-refractivity contribution in [1.82, 2.24) is 14.8 Å². The maximum Gasteiger partial charge on any atom is 0.343 e. The highest BCUT2D eigenvalue weighted by Crippen LogP contribution is 2.13. The average molecular weight is 287 g/mol. The fourth-order valence-electron chi connectivity index (χ4n) is 1.42. The zero-order chi connectivity index (χ0) is 14.1. The van der Waals surface area contributed by atoms with E-state index in [0.29, 0.717) is 18.3 Å². The van der Waals surface area contributed by atoms with Crippen LogP contribution < -0.4 is 5.69 Å². The first kappa shape index (κ1) is 15.8. The number of hydrogen-bond acceptors (Lipinski definition) is 5. The zero-order valence-corrected chi connectivity index (χ0v) is 12.3. The van der Waals surface area contributed by atoms with Gasteiger partial charge in [-0.25, -0.2) is 9.89 Å². The normalized spacial score (nSPS) is 10.6. The topological polar surface area (TPSA) is 77.0 Å². The monoisotopic (exact) mass is 287 g/mol. The number of ether oxygens (including phenoxy) is 1. The minimum atomic E-state index is -0.268. The fourth-order valence-corrected chi connectivity index (χ4v) is 2.19. The lowest BCUT2D eigenvalue weighted by Gasteiger charge is -2.05. The van der Waals surface area contributed by atoms with Crippen LogP contribution in [-0.2, 0) is 16.1 Å². The minimum absolute atomic E-state index is 0.181. The number of H-pyrrole nitrogens is 1. The highest BCUT2D eigenvalue weighted by atomic mass is 32.2. The molecule has 0 spiro atoms. The number of carbonyl (C=O) groups excluding carboxylic acids is 1. The minimum Gasteiger partial charge on any atom is -0.465 e. The molecule has 0 bridgehead atoms. The van der Waals surface area contributed by atoms with Gasteiger partial charge in [0, 0.05) is 6.54 Å². The maximum absolute atomic E-state index is 11.5. The highest BCUT2D eigenvalue weighted by molar-refractivity contribution is 7.99. The second kappa shape index (κ2) is 8.79. The third-order valence-corrected chi connectivity index (χ3v) is 3.49. The van der Waals surface area contributed by atoms with Gasteiger partial charge in [0.1, 0.15) is 0 Å². The Bertz CT molecular complexity index is 442. The van der Waals surface area contributed by atoms with E-state index in [1.54, 1.807) is 4.57 Å². The van der Waals surface area contributed by atoms with Crippen molar-refractivity contribution in [2.24, 2.45) is 0 Å². The Balaban J connectivity index is 2.44. The molecule has 0 fully saturated rings. The lowest BCUT2D eigenvalue weighted by molar-refractivity contribution is -0.140. The van der Waals surface area contributed by atoms with Crippen LogP contribution in [0.4, 0.5) is 0 Å². The van der Waals surface area contributed by atoms with Gasteiger partial charge in [0.05, 0.1) is 12.4 Å². The van der Waals surface area contributed by atoms with E-state index in [4.69, 9.17) is 4.74 Å². The van der Waals surface area contributed by atoms with Gasteiger partial charge in [-0.2, -0.15) is 0 Å². The van der Waals surface area contributed by atoms with Crippen molar-refractivity contribution < 1.29 is 9.53 Å². The summed E-state index contributed by atoms with van der Waals surface area (Å²) in [6.07, 6.45) is 3.78. The largest absolute Gasteiger partial charge is 0.465 e. The number of esters is 1. The van der Waals surface area contributed by atoms with Crippen LogP contribution in [0.2, 0.25) is 0 Å². The predicted octanol–water partition coefficient (Wildman–Crippen LogP) is 1.81. The molecule has 1 N–H and O–H groups in total. The van der Waals surface area contributed by atoms with Crippen molar-refractivity contribution in [3.05, 3.63) is 10.5 Å². The van der Waals surface area contributed by atoms with Crippen molar-refractivity contribution in [3.63, 3.8) is 0 Å². The molecular weight excluding hydrogens is 266 g/mol. The van der Waals surface area contributed by atoms with Gasteiger partial charge in [-0.15, -0.1) is 5.10 Å². The molecule has 19 heavy (non-hydrogen) atoms. The number of aromatic nitrogens is 3. The summed E-state index contributed by atoms with van der Waals surface area (Å²) in [5, 5.41) is 6.87. The molecule has 1 heterocycles. The molecule has 1 aromatic heterocycles. The first-order chi connectivity index (χ1) is 9.19. The van der Waals surface area contributed by atoms with Crippen molar-refractivity contribution in [2.75, 3.05) is 12.4 Å². The number of aromatic amines is 1. The third kappa shape index (κ3) is 5.50. The van der Waals surface area contributed by atoms with E-state index in [1.165, 1.54) is 11.8 Å².